The summed E-state index contributed by atoms with van der Waals surface area (Å²) in [5, 5.41) is 12.3. The van der Waals surface area contributed by atoms with Crippen LogP contribution in [-0.2, 0) is 22.4 Å². The molecule has 11 heavy (non-hydrogen) atoms. The van der Waals surface area contributed by atoms with Crippen LogP contribution in [0.25, 0.3) is 0 Å². The van der Waals surface area contributed by atoms with Gasteiger partial charge in [-0.05, 0) is 12.7 Å². The van der Waals surface area contributed by atoms with E-state index in [1.807, 2.05) is 18.7 Å². The van der Waals surface area contributed by atoms with E-state index in [-0.39, 0.29) is 28.5 Å². The van der Waals surface area contributed by atoms with E-state index in [2.05, 4.69) is 11.6 Å². The predicted molar refractivity (Wildman–Crippen MR) is 47.5 cm³/mol. The zero-order chi connectivity index (χ0) is 7.82. The first-order valence-electron chi connectivity index (χ1n) is 3.69. The number of thioether (sulfide) groups is 1. The summed E-state index contributed by atoms with van der Waals surface area (Å²) in [7, 11) is 0. The molecule has 0 aromatic carbocycles. The quantitative estimate of drug-likeness (QED) is 0.541. The molecule has 0 saturated heterocycles. The maximum absolute atomic E-state index is 9.09. The molecule has 1 atom stereocenters. The second kappa shape index (κ2) is 11.0. The zero-order valence-electron chi connectivity index (χ0n) is 7.06. The summed E-state index contributed by atoms with van der Waals surface area (Å²) in [5.41, 5.74) is 0. The van der Waals surface area contributed by atoms with Crippen molar-refractivity contribution in [1.29, 1.82) is 0 Å². The fourth-order valence-corrected chi connectivity index (χ4v) is 0.936. The maximum atomic E-state index is 9.09. The standard InChI is InChI=1S/C7H17NOS.Au/c1-3-7(9)6-8-4-5-10-2;/h7-9H,3-6H2,1-2H3;. The Kier molecular flexibility index (Phi) is 14.5. The molecule has 2 nitrogen and oxygen atoms in total. The Morgan fingerprint density at radius 1 is 1.55 bits per heavy atom. The average Bonchev–Trinajstić information content (AvgIpc) is 1.98. The first-order valence-corrected chi connectivity index (χ1v) is 5.08. The molecule has 0 rings (SSSR count). The molecule has 0 amide bonds. The van der Waals surface area contributed by atoms with Crippen molar-refractivity contribution in [1.82, 2.24) is 5.32 Å². The van der Waals surface area contributed by atoms with E-state index < -0.39 is 0 Å². The predicted octanol–water partition coefficient (Wildman–Crippen LogP) is 0.707. The van der Waals surface area contributed by atoms with Gasteiger partial charge >= 0.3 is 0 Å². The molecule has 4 heteroatoms. The van der Waals surface area contributed by atoms with Gasteiger partial charge in [-0.3, -0.25) is 0 Å². The van der Waals surface area contributed by atoms with Crippen molar-refractivity contribution in [2.24, 2.45) is 0 Å². The van der Waals surface area contributed by atoms with Gasteiger partial charge in [-0.15, -0.1) is 0 Å². The van der Waals surface area contributed by atoms with Gasteiger partial charge in [-0.2, -0.15) is 11.8 Å². The van der Waals surface area contributed by atoms with Crippen molar-refractivity contribution in [3.05, 3.63) is 0 Å². The van der Waals surface area contributed by atoms with Crippen LogP contribution in [0.2, 0.25) is 0 Å². The van der Waals surface area contributed by atoms with Crippen molar-refractivity contribution in [2.75, 3.05) is 25.1 Å². The molecule has 0 spiro atoms. The van der Waals surface area contributed by atoms with Gasteiger partial charge in [0.05, 0.1) is 6.10 Å². The minimum Gasteiger partial charge on any atom is -0.392 e. The molecular weight excluding hydrogens is 343 g/mol. The van der Waals surface area contributed by atoms with Gasteiger partial charge in [0.2, 0.25) is 0 Å². The number of hydrogen-bond donors (Lipinski definition) is 2. The summed E-state index contributed by atoms with van der Waals surface area (Å²) >= 11 is 1.82. The summed E-state index contributed by atoms with van der Waals surface area (Å²) in [5.74, 6) is 1.12. The van der Waals surface area contributed by atoms with Gasteiger partial charge in [0, 0.05) is 41.2 Å². The summed E-state index contributed by atoms with van der Waals surface area (Å²) in [4.78, 5) is 0. The van der Waals surface area contributed by atoms with E-state index in [9.17, 15) is 0 Å². The van der Waals surface area contributed by atoms with E-state index in [0.29, 0.717) is 0 Å². The Hall–Kier alpha value is 1.01. The van der Waals surface area contributed by atoms with Gasteiger partial charge in [0.25, 0.3) is 0 Å². The number of rotatable bonds is 6. The van der Waals surface area contributed by atoms with Gasteiger partial charge < -0.3 is 10.4 Å². The summed E-state index contributed by atoms with van der Waals surface area (Å²) in [6.45, 7) is 3.72. The average molecular weight is 360 g/mol. The monoisotopic (exact) mass is 360 g/mol. The summed E-state index contributed by atoms with van der Waals surface area (Å²) in [6, 6.07) is 0. The molecular formula is C7H17AuNOS. The molecule has 0 aromatic rings. The van der Waals surface area contributed by atoms with Crippen LogP contribution in [-0.4, -0.2) is 36.3 Å². The molecule has 0 aliphatic rings. The molecule has 0 heterocycles. The third-order valence-electron chi connectivity index (χ3n) is 1.33. The van der Waals surface area contributed by atoms with Gasteiger partial charge in [-0.1, -0.05) is 6.92 Å². The van der Waals surface area contributed by atoms with E-state index in [1.165, 1.54) is 0 Å². The molecule has 2 N–H and O–H groups in total. The Morgan fingerprint density at radius 3 is 2.64 bits per heavy atom. The van der Waals surface area contributed by atoms with Crippen LogP contribution in [0.5, 0.6) is 0 Å². The van der Waals surface area contributed by atoms with Crippen molar-refractivity contribution in [3.8, 4) is 0 Å². The first-order chi connectivity index (χ1) is 4.81. The van der Waals surface area contributed by atoms with Crippen LogP contribution in [0.3, 0.4) is 0 Å². The van der Waals surface area contributed by atoms with Crippen LogP contribution in [0, 0.1) is 0 Å². The van der Waals surface area contributed by atoms with Crippen LogP contribution >= 0.6 is 11.8 Å². The minimum absolute atomic E-state index is 0. The molecule has 1 radical (unpaired) electrons. The second-order valence-electron chi connectivity index (χ2n) is 2.26. The molecule has 73 valence electrons. The number of aliphatic hydroxyl groups is 1. The van der Waals surface area contributed by atoms with Gasteiger partial charge in [-0.25, -0.2) is 0 Å². The van der Waals surface area contributed by atoms with E-state index in [1.54, 1.807) is 0 Å². The fourth-order valence-electron chi connectivity index (χ4n) is 0.587. The van der Waals surface area contributed by atoms with E-state index in [0.717, 1.165) is 25.3 Å². The zero-order valence-corrected chi connectivity index (χ0v) is 10.0. The molecule has 1 unspecified atom stereocenters. The van der Waals surface area contributed by atoms with Crippen molar-refractivity contribution < 1.29 is 27.5 Å². The van der Waals surface area contributed by atoms with E-state index >= 15 is 0 Å². The van der Waals surface area contributed by atoms with Crippen molar-refractivity contribution in [2.45, 2.75) is 19.4 Å². The van der Waals surface area contributed by atoms with Gasteiger partial charge in [0.15, 0.2) is 0 Å². The van der Waals surface area contributed by atoms with Crippen LogP contribution in [0.15, 0.2) is 0 Å². The molecule has 0 aliphatic carbocycles. The Morgan fingerprint density at radius 2 is 2.18 bits per heavy atom. The van der Waals surface area contributed by atoms with Crippen LogP contribution < -0.4 is 5.32 Å². The topological polar surface area (TPSA) is 32.3 Å². The first kappa shape index (κ1) is 14.5. The van der Waals surface area contributed by atoms with E-state index in [4.69, 9.17) is 5.11 Å². The normalized spacial score (nSPS) is 12.3. The minimum atomic E-state index is -0.165. The molecule has 0 fully saturated rings. The van der Waals surface area contributed by atoms with Crippen molar-refractivity contribution in [3.63, 3.8) is 0 Å². The molecule has 0 aromatic heterocycles. The largest absolute Gasteiger partial charge is 0.392 e. The van der Waals surface area contributed by atoms with Crippen molar-refractivity contribution >= 4 is 11.8 Å². The smallest absolute Gasteiger partial charge is 0.0662 e. The Bertz CT molecular complexity index is 75.5. The maximum Gasteiger partial charge on any atom is 0.0662 e. The van der Waals surface area contributed by atoms with Gasteiger partial charge in [0.1, 0.15) is 0 Å². The number of aliphatic hydroxyl groups excluding tert-OH is 1. The fraction of sp³-hybridized carbons (Fsp3) is 1.00. The second-order valence-corrected chi connectivity index (χ2v) is 3.24. The van der Waals surface area contributed by atoms with Crippen LogP contribution in [0.1, 0.15) is 13.3 Å². The SMILES string of the molecule is CCC(O)CNCCSC.[Au]. The molecule has 0 bridgehead atoms. The summed E-state index contributed by atoms with van der Waals surface area (Å²) < 4.78 is 0. The Balaban J connectivity index is 0. The summed E-state index contributed by atoms with van der Waals surface area (Å²) in [6.07, 6.45) is 2.76. The van der Waals surface area contributed by atoms with Crippen LogP contribution in [0.4, 0.5) is 0 Å². The molecule has 0 aliphatic heterocycles. The number of hydrogen-bond acceptors (Lipinski definition) is 3. The third kappa shape index (κ3) is 11.0. The third-order valence-corrected chi connectivity index (χ3v) is 1.95. The Labute approximate surface area is 89.0 Å². The molecule has 0 saturated carbocycles. The number of nitrogens with one attached hydrogen (secondary N) is 1.